The third-order valence-corrected chi connectivity index (χ3v) is 3.82. The number of fused-ring (bicyclic) bond motifs is 1. The fourth-order valence-corrected chi connectivity index (χ4v) is 2.70. The van der Waals surface area contributed by atoms with E-state index in [4.69, 9.17) is 0 Å². The summed E-state index contributed by atoms with van der Waals surface area (Å²) in [5, 5.41) is 6.02. The SMILES string of the molecule is CCC(Nc1ccc2c(c1)CC(=O)N2)c1ccc(F)cc1F. The van der Waals surface area contributed by atoms with Crippen molar-refractivity contribution in [2.24, 2.45) is 0 Å². The van der Waals surface area contributed by atoms with E-state index in [9.17, 15) is 13.6 Å². The second-order valence-corrected chi connectivity index (χ2v) is 5.37. The second kappa shape index (κ2) is 5.75. The molecule has 0 spiro atoms. The van der Waals surface area contributed by atoms with Crippen LogP contribution in [0.1, 0.15) is 30.5 Å². The Kier molecular flexibility index (Phi) is 3.79. The summed E-state index contributed by atoms with van der Waals surface area (Å²) in [7, 11) is 0. The molecule has 1 aliphatic rings. The molecule has 0 aliphatic carbocycles. The molecule has 0 radical (unpaired) electrons. The van der Waals surface area contributed by atoms with Crippen LogP contribution in [0.5, 0.6) is 0 Å². The molecule has 2 N–H and O–H groups in total. The van der Waals surface area contributed by atoms with Gasteiger partial charge in [-0.05, 0) is 36.2 Å². The van der Waals surface area contributed by atoms with Gasteiger partial charge in [0, 0.05) is 23.0 Å². The van der Waals surface area contributed by atoms with Crippen LogP contribution in [0, 0.1) is 11.6 Å². The van der Waals surface area contributed by atoms with Crippen LogP contribution < -0.4 is 10.6 Å². The highest BCUT2D eigenvalue weighted by Gasteiger charge is 2.19. The molecule has 0 fully saturated rings. The van der Waals surface area contributed by atoms with E-state index in [0.717, 1.165) is 23.0 Å². The topological polar surface area (TPSA) is 41.1 Å². The van der Waals surface area contributed by atoms with Crippen molar-refractivity contribution in [3.05, 3.63) is 59.2 Å². The Labute approximate surface area is 127 Å². The second-order valence-electron chi connectivity index (χ2n) is 5.37. The number of benzene rings is 2. The lowest BCUT2D eigenvalue weighted by Crippen LogP contribution is -2.11. The molecule has 3 rings (SSSR count). The smallest absolute Gasteiger partial charge is 0.228 e. The van der Waals surface area contributed by atoms with Gasteiger partial charge in [0.05, 0.1) is 12.5 Å². The van der Waals surface area contributed by atoms with Gasteiger partial charge in [0.25, 0.3) is 0 Å². The summed E-state index contributed by atoms with van der Waals surface area (Å²) >= 11 is 0. The third-order valence-electron chi connectivity index (χ3n) is 3.82. The van der Waals surface area contributed by atoms with Crippen LogP contribution in [0.2, 0.25) is 0 Å². The zero-order chi connectivity index (χ0) is 15.7. The highest BCUT2D eigenvalue weighted by Crippen LogP contribution is 2.30. The molecule has 2 aromatic rings. The number of nitrogens with one attached hydrogen (secondary N) is 2. The number of hydrogen-bond acceptors (Lipinski definition) is 2. The minimum absolute atomic E-state index is 0.0243. The number of rotatable bonds is 4. The van der Waals surface area contributed by atoms with Crippen molar-refractivity contribution in [3.8, 4) is 0 Å². The van der Waals surface area contributed by atoms with E-state index in [-0.39, 0.29) is 11.9 Å². The molecule has 22 heavy (non-hydrogen) atoms. The van der Waals surface area contributed by atoms with E-state index in [1.54, 1.807) is 0 Å². The van der Waals surface area contributed by atoms with Gasteiger partial charge in [-0.1, -0.05) is 13.0 Å². The van der Waals surface area contributed by atoms with Gasteiger partial charge in [-0.15, -0.1) is 0 Å². The van der Waals surface area contributed by atoms with Gasteiger partial charge in [0.2, 0.25) is 5.91 Å². The van der Waals surface area contributed by atoms with Crippen LogP contribution >= 0.6 is 0 Å². The molecule has 3 nitrogen and oxygen atoms in total. The summed E-state index contributed by atoms with van der Waals surface area (Å²) in [5.41, 5.74) is 2.98. The standard InChI is InChI=1S/C17H16F2N2O/c1-2-15(13-5-3-11(18)9-14(13)19)20-12-4-6-16-10(7-12)8-17(22)21-16/h3-7,9,15,20H,2,8H2,1H3,(H,21,22). The van der Waals surface area contributed by atoms with Crippen molar-refractivity contribution in [1.29, 1.82) is 0 Å². The Bertz CT molecular complexity index is 731. The fraction of sp³-hybridized carbons (Fsp3) is 0.235. The fourth-order valence-electron chi connectivity index (χ4n) is 2.70. The van der Waals surface area contributed by atoms with Crippen LogP contribution in [-0.2, 0) is 11.2 Å². The van der Waals surface area contributed by atoms with Crippen LogP contribution in [0.3, 0.4) is 0 Å². The Morgan fingerprint density at radius 2 is 2.05 bits per heavy atom. The predicted molar refractivity (Wildman–Crippen MR) is 81.8 cm³/mol. The molecule has 1 heterocycles. The molecule has 1 aliphatic heterocycles. The van der Waals surface area contributed by atoms with Gasteiger partial charge >= 0.3 is 0 Å². The maximum Gasteiger partial charge on any atom is 0.228 e. The number of amides is 1. The van der Waals surface area contributed by atoms with Crippen molar-refractivity contribution in [2.75, 3.05) is 10.6 Å². The summed E-state index contributed by atoms with van der Waals surface area (Å²) in [6.45, 7) is 1.93. The van der Waals surface area contributed by atoms with E-state index >= 15 is 0 Å². The highest BCUT2D eigenvalue weighted by molar-refractivity contribution is 5.99. The predicted octanol–water partition coefficient (Wildman–Crippen LogP) is 4.02. The van der Waals surface area contributed by atoms with E-state index in [0.29, 0.717) is 18.4 Å². The summed E-state index contributed by atoms with van der Waals surface area (Å²) in [6.07, 6.45) is 1.00. The maximum absolute atomic E-state index is 13.9. The molecule has 0 saturated carbocycles. The Morgan fingerprint density at radius 1 is 1.23 bits per heavy atom. The van der Waals surface area contributed by atoms with Crippen molar-refractivity contribution in [2.45, 2.75) is 25.8 Å². The lowest BCUT2D eigenvalue weighted by molar-refractivity contribution is -0.115. The van der Waals surface area contributed by atoms with Crippen molar-refractivity contribution < 1.29 is 13.6 Å². The molecule has 1 atom stereocenters. The van der Waals surface area contributed by atoms with Gasteiger partial charge in [0.1, 0.15) is 11.6 Å². The molecule has 0 aromatic heterocycles. The van der Waals surface area contributed by atoms with Crippen LogP contribution in [0.4, 0.5) is 20.2 Å². The van der Waals surface area contributed by atoms with Gasteiger partial charge in [0.15, 0.2) is 0 Å². The molecule has 0 saturated heterocycles. The summed E-state index contributed by atoms with van der Waals surface area (Å²) < 4.78 is 27.0. The van der Waals surface area contributed by atoms with Gasteiger partial charge in [-0.25, -0.2) is 8.78 Å². The summed E-state index contributed by atoms with van der Waals surface area (Å²) in [5.74, 6) is -1.17. The minimum Gasteiger partial charge on any atom is -0.378 e. The zero-order valence-corrected chi connectivity index (χ0v) is 12.1. The molecular weight excluding hydrogens is 286 g/mol. The first-order valence-electron chi connectivity index (χ1n) is 7.21. The molecule has 2 aromatic carbocycles. The number of hydrogen-bond donors (Lipinski definition) is 2. The number of carbonyl (C=O) groups excluding carboxylic acids is 1. The average molecular weight is 302 g/mol. The first-order chi connectivity index (χ1) is 10.6. The summed E-state index contributed by atoms with van der Waals surface area (Å²) in [4.78, 5) is 11.4. The first-order valence-corrected chi connectivity index (χ1v) is 7.21. The average Bonchev–Trinajstić information content (AvgIpc) is 2.84. The molecule has 5 heteroatoms. The molecule has 1 unspecified atom stereocenters. The largest absolute Gasteiger partial charge is 0.378 e. The third kappa shape index (κ3) is 2.79. The van der Waals surface area contributed by atoms with E-state index in [1.807, 2.05) is 25.1 Å². The number of halogens is 2. The molecular formula is C17H16F2N2O. The van der Waals surface area contributed by atoms with E-state index in [2.05, 4.69) is 10.6 Å². The number of carbonyl (C=O) groups is 1. The van der Waals surface area contributed by atoms with Crippen LogP contribution in [0.25, 0.3) is 0 Å². The van der Waals surface area contributed by atoms with Crippen molar-refractivity contribution in [3.63, 3.8) is 0 Å². The van der Waals surface area contributed by atoms with Crippen molar-refractivity contribution >= 4 is 17.3 Å². The summed E-state index contributed by atoms with van der Waals surface area (Å²) in [6, 6.07) is 8.91. The van der Waals surface area contributed by atoms with Crippen LogP contribution in [0.15, 0.2) is 36.4 Å². The molecule has 1 amide bonds. The molecule has 0 bridgehead atoms. The van der Waals surface area contributed by atoms with Crippen LogP contribution in [-0.4, -0.2) is 5.91 Å². The normalized spacial score (nSPS) is 14.4. The highest BCUT2D eigenvalue weighted by atomic mass is 19.1. The minimum atomic E-state index is -0.585. The van der Waals surface area contributed by atoms with Crippen molar-refractivity contribution in [1.82, 2.24) is 0 Å². The Balaban J connectivity index is 1.84. The lowest BCUT2D eigenvalue weighted by Gasteiger charge is -2.20. The lowest BCUT2D eigenvalue weighted by atomic mass is 10.0. The first kappa shape index (κ1) is 14.5. The molecule has 114 valence electrons. The Morgan fingerprint density at radius 3 is 2.77 bits per heavy atom. The Hall–Kier alpha value is -2.43. The quantitative estimate of drug-likeness (QED) is 0.895. The van der Waals surface area contributed by atoms with Gasteiger partial charge < -0.3 is 10.6 Å². The van der Waals surface area contributed by atoms with Gasteiger partial charge in [-0.2, -0.15) is 0 Å². The number of anilines is 2. The zero-order valence-electron chi connectivity index (χ0n) is 12.1. The van der Waals surface area contributed by atoms with E-state index in [1.165, 1.54) is 12.1 Å². The maximum atomic E-state index is 13.9. The van der Waals surface area contributed by atoms with E-state index < -0.39 is 11.6 Å². The monoisotopic (exact) mass is 302 g/mol. The van der Waals surface area contributed by atoms with Gasteiger partial charge in [-0.3, -0.25) is 4.79 Å².